The third-order valence-corrected chi connectivity index (χ3v) is 6.04. The van der Waals surface area contributed by atoms with Crippen molar-refractivity contribution in [2.45, 2.75) is 44.4 Å². The largest absolute Gasteiger partial charge is 0.396 e. The molecule has 0 aliphatic rings. The molecule has 132 valence electrons. The Morgan fingerprint density at radius 2 is 1.48 bits per heavy atom. The fourth-order valence-corrected chi connectivity index (χ4v) is 4.15. The minimum absolute atomic E-state index is 0.0526. The molecule has 4 nitrogen and oxygen atoms in total. The molecule has 1 aromatic rings. The zero-order valence-electron chi connectivity index (χ0n) is 13.8. The Morgan fingerprint density at radius 3 is 1.91 bits per heavy atom. The van der Waals surface area contributed by atoms with E-state index in [2.05, 4.69) is 18.7 Å². The van der Waals surface area contributed by atoms with Crippen LogP contribution in [0.2, 0.25) is 10.0 Å². The van der Waals surface area contributed by atoms with Gasteiger partial charge >= 0.3 is 0 Å². The van der Waals surface area contributed by atoms with E-state index in [1.54, 1.807) is 0 Å². The van der Waals surface area contributed by atoms with Gasteiger partial charge in [0.1, 0.15) is 0 Å². The number of nitrogens with two attached hydrogens (primary N) is 1. The second-order valence-electron chi connectivity index (χ2n) is 5.67. The van der Waals surface area contributed by atoms with Gasteiger partial charge in [0, 0.05) is 6.54 Å². The molecule has 0 heterocycles. The van der Waals surface area contributed by atoms with Crippen LogP contribution in [0.15, 0.2) is 17.0 Å². The van der Waals surface area contributed by atoms with E-state index in [1.165, 1.54) is 12.1 Å². The van der Waals surface area contributed by atoms with E-state index >= 15 is 0 Å². The van der Waals surface area contributed by atoms with Crippen molar-refractivity contribution in [2.75, 3.05) is 31.1 Å². The van der Waals surface area contributed by atoms with Crippen molar-refractivity contribution in [3.05, 3.63) is 22.2 Å². The summed E-state index contributed by atoms with van der Waals surface area (Å²) in [5.74, 6) is 0.0526. The summed E-state index contributed by atoms with van der Waals surface area (Å²) in [7, 11) is -3.43. The van der Waals surface area contributed by atoms with Gasteiger partial charge < -0.3 is 10.6 Å². The highest BCUT2D eigenvalue weighted by Crippen LogP contribution is 2.31. The normalized spacial score (nSPS) is 12.0. The Morgan fingerprint density at radius 1 is 1.00 bits per heavy atom. The Kier molecular flexibility index (Phi) is 8.69. The molecular weight excluding hydrogens is 355 g/mol. The Balaban J connectivity index is 2.80. The van der Waals surface area contributed by atoms with Crippen molar-refractivity contribution in [3.63, 3.8) is 0 Å². The van der Waals surface area contributed by atoms with Crippen LogP contribution in [0.25, 0.3) is 0 Å². The van der Waals surface area contributed by atoms with Crippen LogP contribution in [0.5, 0.6) is 0 Å². The summed E-state index contributed by atoms with van der Waals surface area (Å²) in [4.78, 5) is 2.35. The second-order valence-corrected chi connectivity index (χ2v) is 8.59. The lowest BCUT2D eigenvalue weighted by molar-refractivity contribution is 0.280. The molecule has 0 fully saturated rings. The second kappa shape index (κ2) is 9.72. The molecule has 1 aromatic carbocycles. The summed E-state index contributed by atoms with van der Waals surface area (Å²) < 4.78 is 25.0. The number of nitrogen functional groups attached to an aromatic ring is 1. The number of hydrogen-bond acceptors (Lipinski definition) is 4. The molecule has 0 spiro atoms. The molecule has 2 N–H and O–H groups in total. The topological polar surface area (TPSA) is 63.4 Å². The van der Waals surface area contributed by atoms with Crippen LogP contribution >= 0.6 is 23.2 Å². The molecular formula is C16H26Cl2N2O2S. The van der Waals surface area contributed by atoms with E-state index in [1.807, 2.05) is 0 Å². The highest BCUT2D eigenvalue weighted by atomic mass is 35.5. The van der Waals surface area contributed by atoms with E-state index < -0.39 is 9.84 Å². The van der Waals surface area contributed by atoms with Gasteiger partial charge in [0.2, 0.25) is 0 Å². The predicted octanol–water partition coefficient (Wildman–Crippen LogP) is 4.25. The summed E-state index contributed by atoms with van der Waals surface area (Å²) >= 11 is 11.9. The van der Waals surface area contributed by atoms with E-state index in [0.717, 1.165) is 38.8 Å². The average Bonchev–Trinajstić information content (AvgIpc) is 2.51. The third kappa shape index (κ3) is 6.49. The van der Waals surface area contributed by atoms with E-state index in [0.29, 0.717) is 6.54 Å². The number of sulfone groups is 1. The summed E-state index contributed by atoms with van der Waals surface area (Å²) in [5.41, 5.74) is 5.87. The molecule has 0 aliphatic carbocycles. The van der Waals surface area contributed by atoms with Crippen LogP contribution in [0.3, 0.4) is 0 Å². The Labute approximate surface area is 149 Å². The fourth-order valence-electron chi connectivity index (χ4n) is 2.21. The van der Waals surface area contributed by atoms with Crippen molar-refractivity contribution < 1.29 is 8.42 Å². The molecule has 0 bridgehead atoms. The number of anilines is 1. The van der Waals surface area contributed by atoms with Crippen molar-refractivity contribution >= 4 is 38.7 Å². The van der Waals surface area contributed by atoms with Crippen LogP contribution < -0.4 is 5.73 Å². The summed E-state index contributed by atoms with van der Waals surface area (Å²) in [6, 6.07) is 2.75. The molecule has 0 aromatic heterocycles. The van der Waals surface area contributed by atoms with Crippen LogP contribution in [0.1, 0.15) is 39.5 Å². The van der Waals surface area contributed by atoms with Gasteiger partial charge in [0.05, 0.1) is 26.4 Å². The lowest BCUT2D eigenvalue weighted by Crippen LogP contribution is -2.31. The quantitative estimate of drug-likeness (QED) is 0.616. The summed E-state index contributed by atoms with van der Waals surface area (Å²) in [6.45, 7) is 6.63. The number of rotatable bonds is 10. The lowest BCUT2D eigenvalue weighted by Gasteiger charge is -2.21. The first-order valence-corrected chi connectivity index (χ1v) is 10.4. The lowest BCUT2D eigenvalue weighted by atomic mass is 10.2. The first kappa shape index (κ1) is 20.6. The van der Waals surface area contributed by atoms with E-state index in [4.69, 9.17) is 28.9 Å². The number of benzene rings is 1. The van der Waals surface area contributed by atoms with E-state index in [9.17, 15) is 8.42 Å². The molecule has 0 saturated carbocycles. The van der Waals surface area contributed by atoms with Crippen molar-refractivity contribution in [1.82, 2.24) is 4.90 Å². The minimum Gasteiger partial charge on any atom is -0.396 e. The first-order chi connectivity index (χ1) is 10.8. The van der Waals surface area contributed by atoms with Crippen molar-refractivity contribution in [2.24, 2.45) is 0 Å². The first-order valence-electron chi connectivity index (χ1n) is 8.01. The van der Waals surface area contributed by atoms with E-state index in [-0.39, 0.29) is 26.4 Å². The highest BCUT2D eigenvalue weighted by molar-refractivity contribution is 7.91. The van der Waals surface area contributed by atoms with Gasteiger partial charge in [0.25, 0.3) is 0 Å². The van der Waals surface area contributed by atoms with Crippen molar-refractivity contribution in [3.8, 4) is 0 Å². The average molecular weight is 381 g/mol. The van der Waals surface area contributed by atoms with Crippen molar-refractivity contribution in [1.29, 1.82) is 0 Å². The maximum Gasteiger partial charge on any atom is 0.179 e. The zero-order valence-corrected chi connectivity index (χ0v) is 16.1. The SMILES string of the molecule is CCCCN(CCCC)CCS(=O)(=O)c1cc(Cl)c(N)c(Cl)c1. The molecule has 0 unspecified atom stereocenters. The predicted molar refractivity (Wildman–Crippen MR) is 99.2 cm³/mol. The van der Waals surface area contributed by atoms with Gasteiger partial charge in [-0.3, -0.25) is 0 Å². The van der Waals surface area contributed by atoms with Crippen LogP contribution in [0, 0.1) is 0 Å². The standard InChI is InChI=1S/C16H26Cl2N2O2S/c1-3-5-7-20(8-6-4-2)9-10-23(21,22)13-11-14(17)16(19)15(18)12-13/h11-12H,3-10,19H2,1-2H3. The van der Waals surface area contributed by atoms with Crippen LogP contribution in [-0.4, -0.2) is 38.7 Å². The minimum atomic E-state index is -3.43. The molecule has 0 aliphatic heterocycles. The fraction of sp³-hybridized carbons (Fsp3) is 0.625. The Bertz CT molecular complexity index is 575. The number of halogens is 2. The molecule has 0 radical (unpaired) electrons. The van der Waals surface area contributed by atoms with Gasteiger partial charge in [0.15, 0.2) is 9.84 Å². The highest BCUT2D eigenvalue weighted by Gasteiger charge is 2.19. The van der Waals surface area contributed by atoms with Crippen LogP contribution in [0.4, 0.5) is 5.69 Å². The summed E-state index contributed by atoms with van der Waals surface area (Å²) in [6.07, 6.45) is 4.34. The van der Waals surface area contributed by atoms with Gasteiger partial charge in [-0.15, -0.1) is 0 Å². The monoisotopic (exact) mass is 380 g/mol. The molecule has 7 heteroatoms. The van der Waals surface area contributed by atoms with Gasteiger partial charge in [-0.25, -0.2) is 8.42 Å². The molecule has 0 saturated heterocycles. The van der Waals surface area contributed by atoms with Crippen LogP contribution in [-0.2, 0) is 9.84 Å². The third-order valence-electron chi connectivity index (χ3n) is 3.74. The maximum absolute atomic E-state index is 12.5. The maximum atomic E-state index is 12.5. The zero-order chi connectivity index (χ0) is 17.5. The molecule has 1 rings (SSSR count). The molecule has 0 amide bonds. The number of nitrogens with zero attached hydrogens (tertiary/aromatic N) is 1. The summed E-state index contributed by atoms with van der Waals surface area (Å²) in [5, 5.41) is 0.342. The molecule has 23 heavy (non-hydrogen) atoms. The Hall–Kier alpha value is -0.490. The van der Waals surface area contributed by atoms with Gasteiger partial charge in [-0.2, -0.15) is 0 Å². The number of unbranched alkanes of at least 4 members (excludes halogenated alkanes) is 2. The van der Waals surface area contributed by atoms with Gasteiger partial charge in [-0.1, -0.05) is 49.9 Å². The molecule has 0 atom stereocenters. The smallest absolute Gasteiger partial charge is 0.179 e. The number of hydrogen-bond donors (Lipinski definition) is 1. The van der Waals surface area contributed by atoms with Gasteiger partial charge in [-0.05, 0) is 38.1 Å².